The molecule has 0 heterocycles. The van der Waals surface area contributed by atoms with Gasteiger partial charge in [0.2, 0.25) is 0 Å². The summed E-state index contributed by atoms with van der Waals surface area (Å²) in [5.41, 5.74) is 2.23. The molecule has 2 atom stereocenters. The van der Waals surface area contributed by atoms with Gasteiger partial charge in [-0.15, -0.1) is 0 Å². The van der Waals surface area contributed by atoms with Crippen molar-refractivity contribution in [3.8, 4) is 0 Å². The Kier molecular flexibility index (Phi) is 7.77. The van der Waals surface area contributed by atoms with E-state index in [2.05, 4.69) is 16.0 Å². The van der Waals surface area contributed by atoms with Gasteiger partial charge in [-0.05, 0) is 49.6 Å². The van der Waals surface area contributed by atoms with Crippen molar-refractivity contribution in [1.82, 2.24) is 5.32 Å². The average molecular weight is 397 g/mol. The lowest BCUT2D eigenvalue weighted by Gasteiger charge is -2.23. The number of amides is 3. The van der Waals surface area contributed by atoms with E-state index in [-0.39, 0.29) is 5.92 Å². The van der Waals surface area contributed by atoms with Gasteiger partial charge in [-0.2, -0.15) is 0 Å². The minimum atomic E-state index is -1.01. The third-order valence-corrected chi connectivity index (χ3v) is 4.19. The highest BCUT2D eigenvalue weighted by molar-refractivity contribution is 5.96. The summed E-state index contributed by atoms with van der Waals surface area (Å²) in [6.45, 7) is 6.97. The standard InChI is InChI=1S/C22H27N3O4/c1-14(2)19(25-22(28)24-17-10-6-5-7-11-17)21(27)29-16(4)20(26)23-18-12-8-9-15(3)13-18/h5-14,16,19H,1-4H3,(H,23,26)(H2,24,25,28)/t16-,19+/m1/s1. The van der Waals surface area contributed by atoms with Gasteiger partial charge in [-0.25, -0.2) is 9.59 Å². The summed E-state index contributed by atoms with van der Waals surface area (Å²) in [6, 6.07) is 14.8. The second-order valence-electron chi connectivity index (χ2n) is 7.12. The molecule has 7 nitrogen and oxygen atoms in total. The van der Waals surface area contributed by atoms with Gasteiger partial charge in [-0.1, -0.05) is 44.2 Å². The molecule has 0 aliphatic carbocycles. The monoisotopic (exact) mass is 397 g/mol. The molecule has 0 bridgehead atoms. The molecule has 3 amide bonds. The van der Waals surface area contributed by atoms with E-state index in [1.807, 2.05) is 31.2 Å². The van der Waals surface area contributed by atoms with Crippen molar-refractivity contribution in [1.29, 1.82) is 0 Å². The largest absolute Gasteiger partial charge is 0.451 e. The van der Waals surface area contributed by atoms with Crippen molar-refractivity contribution >= 4 is 29.3 Å². The van der Waals surface area contributed by atoms with Crippen LogP contribution >= 0.6 is 0 Å². The third-order valence-electron chi connectivity index (χ3n) is 4.19. The first-order valence-electron chi connectivity index (χ1n) is 9.47. The van der Waals surface area contributed by atoms with E-state index < -0.39 is 30.1 Å². The molecule has 3 N–H and O–H groups in total. The zero-order chi connectivity index (χ0) is 21.4. The fourth-order valence-electron chi connectivity index (χ4n) is 2.60. The second kappa shape index (κ2) is 10.3. The number of esters is 1. The summed E-state index contributed by atoms with van der Waals surface area (Å²) < 4.78 is 5.30. The maximum Gasteiger partial charge on any atom is 0.329 e. The van der Waals surface area contributed by atoms with Crippen LogP contribution in [-0.4, -0.2) is 30.1 Å². The van der Waals surface area contributed by atoms with Crippen molar-refractivity contribution < 1.29 is 19.1 Å². The Bertz CT molecular complexity index is 852. The van der Waals surface area contributed by atoms with Crippen LogP contribution in [0.1, 0.15) is 26.3 Å². The van der Waals surface area contributed by atoms with E-state index in [4.69, 9.17) is 4.74 Å². The Hall–Kier alpha value is -3.35. The minimum absolute atomic E-state index is 0.226. The van der Waals surface area contributed by atoms with Crippen LogP contribution in [0.4, 0.5) is 16.2 Å². The van der Waals surface area contributed by atoms with Crippen molar-refractivity contribution in [2.45, 2.75) is 39.8 Å². The Morgan fingerprint density at radius 2 is 1.52 bits per heavy atom. The Morgan fingerprint density at radius 1 is 0.862 bits per heavy atom. The summed E-state index contributed by atoms with van der Waals surface area (Å²) in [6.07, 6.45) is -1.01. The molecule has 0 radical (unpaired) electrons. The molecule has 0 unspecified atom stereocenters. The molecule has 0 spiro atoms. The maximum absolute atomic E-state index is 12.5. The van der Waals surface area contributed by atoms with Gasteiger partial charge in [0.05, 0.1) is 0 Å². The van der Waals surface area contributed by atoms with Crippen LogP contribution in [0.25, 0.3) is 0 Å². The SMILES string of the molecule is Cc1cccc(NC(=O)[C@@H](C)OC(=O)[C@@H](NC(=O)Nc2ccccc2)C(C)C)c1. The molecule has 2 rings (SSSR count). The summed E-state index contributed by atoms with van der Waals surface area (Å²) in [7, 11) is 0. The van der Waals surface area contributed by atoms with E-state index in [0.29, 0.717) is 11.4 Å². The lowest BCUT2D eigenvalue weighted by Crippen LogP contribution is -2.48. The predicted octanol–water partition coefficient (Wildman–Crippen LogP) is 3.71. The van der Waals surface area contributed by atoms with Gasteiger partial charge >= 0.3 is 12.0 Å². The van der Waals surface area contributed by atoms with Crippen LogP contribution in [0.3, 0.4) is 0 Å². The first-order chi connectivity index (χ1) is 13.8. The van der Waals surface area contributed by atoms with Gasteiger partial charge in [-0.3, -0.25) is 4.79 Å². The molecule has 154 valence electrons. The number of ether oxygens (including phenoxy) is 1. The zero-order valence-corrected chi connectivity index (χ0v) is 17.1. The molecule has 2 aromatic carbocycles. The highest BCUT2D eigenvalue weighted by Gasteiger charge is 2.29. The van der Waals surface area contributed by atoms with Crippen LogP contribution in [0.15, 0.2) is 54.6 Å². The molecule has 0 fully saturated rings. The van der Waals surface area contributed by atoms with Crippen molar-refractivity contribution in [3.63, 3.8) is 0 Å². The van der Waals surface area contributed by atoms with Crippen LogP contribution < -0.4 is 16.0 Å². The summed E-state index contributed by atoms with van der Waals surface area (Å²) in [5.74, 6) is -1.34. The van der Waals surface area contributed by atoms with Crippen LogP contribution in [0, 0.1) is 12.8 Å². The lowest BCUT2D eigenvalue weighted by molar-refractivity contribution is -0.156. The number of carbonyl (C=O) groups is 3. The molecule has 29 heavy (non-hydrogen) atoms. The quantitative estimate of drug-likeness (QED) is 0.621. The minimum Gasteiger partial charge on any atom is -0.451 e. The predicted molar refractivity (Wildman–Crippen MR) is 113 cm³/mol. The van der Waals surface area contributed by atoms with Crippen molar-refractivity contribution in [3.05, 3.63) is 60.2 Å². The van der Waals surface area contributed by atoms with E-state index in [0.717, 1.165) is 5.56 Å². The second-order valence-corrected chi connectivity index (χ2v) is 7.12. The summed E-state index contributed by atoms with van der Waals surface area (Å²) in [4.78, 5) is 37.1. The van der Waals surface area contributed by atoms with E-state index in [9.17, 15) is 14.4 Å². The zero-order valence-electron chi connectivity index (χ0n) is 17.1. The van der Waals surface area contributed by atoms with Crippen LogP contribution in [-0.2, 0) is 14.3 Å². The fraction of sp³-hybridized carbons (Fsp3) is 0.318. The molecular formula is C22H27N3O4. The molecule has 2 aromatic rings. The fourth-order valence-corrected chi connectivity index (χ4v) is 2.60. The smallest absolute Gasteiger partial charge is 0.329 e. The molecule has 0 aliphatic rings. The van der Waals surface area contributed by atoms with E-state index in [1.54, 1.807) is 44.2 Å². The van der Waals surface area contributed by atoms with Gasteiger partial charge in [0.25, 0.3) is 5.91 Å². The summed E-state index contributed by atoms with van der Waals surface area (Å²) >= 11 is 0. The van der Waals surface area contributed by atoms with Gasteiger partial charge in [0.1, 0.15) is 6.04 Å². The van der Waals surface area contributed by atoms with Crippen LogP contribution in [0.2, 0.25) is 0 Å². The molecule has 0 aliphatic heterocycles. The Balaban J connectivity index is 1.93. The molecule has 0 saturated carbocycles. The number of nitrogens with one attached hydrogen (secondary N) is 3. The molecule has 0 aromatic heterocycles. The van der Waals surface area contributed by atoms with Gasteiger partial charge < -0.3 is 20.7 Å². The molecule has 7 heteroatoms. The number of para-hydroxylation sites is 1. The van der Waals surface area contributed by atoms with E-state index >= 15 is 0 Å². The molecule has 0 saturated heterocycles. The number of benzene rings is 2. The third kappa shape index (κ3) is 6.95. The maximum atomic E-state index is 12.5. The Morgan fingerprint density at radius 3 is 2.14 bits per heavy atom. The molecular weight excluding hydrogens is 370 g/mol. The van der Waals surface area contributed by atoms with Crippen molar-refractivity contribution in [2.24, 2.45) is 5.92 Å². The lowest BCUT2D eigenvalue weighted by atomic mass is 10.0. The van der Waals surface area contributed by atoms with E-state index in [1.165, 1.54) is 6.92 Å². The highest BCUT2D eigenvalue weighted by Crippen LogP contribution is 2.12. The topological polar surface area (TPSA) is 96.5 Å². The first kappa shape index (κ1) is 21.9. The van der Waals surface area contributed by atoms with Crippen LogP contribution in [0.5, 0.6) is 0 Å². The highest BCUT2D eigenvalue weighted by atomic mass is 16.5. The number of anilines is 2. The number of rotatable bonds is 7. The number of hydrogen-bond donors (Lipinski definition) is 3. The van der Waals surface area contributed by atoms with Crippen molar-refractivity contribution in [2.75, 3.05) is 10.6 Å². The number of hydrogen-bond acceptors (Lipinski definition) is 4. The normalized spacial score (nSPS) is 12.6. The number of carbonyl (C=O) groups excluding carboxylic acids is 3. The average Bonchev–Trinajstić information content (AvgIpc) is 2.66. The number of aryl methyl sites for hydroxylation is 1. The Labute approximate surface area is 170 Å². The summed E-state index contributed by atoms with van der Waals surface area (Å²) in [5, 5.41) is 7.98. The van der Waals surface area contributed by atoms with Gasteiger partial charge in [0.15, 0.2) is 6.10 Å². The number of urea groups is 1. The first-order valence-corrected chi connectivity index (χ1v) is 9.47. The van der Waals surface area contributed by atoms with Gasteiger partial charge in [0, 0.05) is 11.4 Å².